The number of halogens is 2. The molecule has 6 rings (SSSR count). The van der Waals surface area contributed by atoms with Gasteiger partial charge in [-0.3, -0.25) is 4.98 Å². The number of aromatic nitrogens is 1. The van der Waals surface area contributed by atoms with Crippen molar-refractivity contribution in [1.82, 2.24) is 20.9 Å². The van der Waals surface area contributed by atoms with Crippen LogP contribution in [-0.4, -0.2) is 54.5 Å². The van der Waals surface area contributed by atoms with Gasteiger partial charge in [-0.1, -0.05) is 66.5 Å². The molecule has 5 aromatic rings. The van der Waals surface area contributed by atoms with Gasteiger partial charge in [0, 0.05) is 91.7 Å². The molecule has 2 heterocycles. The van der Waals surface area contributed by atoms with E-state index in [2.05, 4.69) is 65.3 Å². The van der Waals surface area contributed by atoms with Gasteiger partial charge in [0.05, 0.1) is 32.8 Å². The molecule has 1 aromatic heterocycles. The molecule has 2 atom stereocenters. The average molecular weight is 1280 g/mol. The fourth-order valence-electron chi connectivity index (χ4n) is 8.74. The summed E-state index contributed by atoms with van der Waals surface area (Å²) in [6.07, 6.45) is 10.7. The maximum atomic E-state index is 12.4. The van der Waals surface area contributed by atoms with Crippen LogP contribution in [0.5, 0.6) is 23.0 Å². The zero-order valence-electron chi connectivity index (χ0n) is 44.1. The number of hydrogen-bond donors (Lipinski definition) is 3. The van der Waals surface area contributed by atoms with E-state index >= 15 is 0 Å². The van der Waals surface area contributed by atoms with E-state index in [0.29, 0.717) is 74.7 Å². The van der Waals surface area contributed by atoms with Crippen molar-refractivity contribution in [2.45, 2.75) is 118 Å². The van der Waals surface area contributed by atoms with Gasteiger partial charge in [0.1, 0.15) is 61.8 Å². The zero-order chi connectivity index (χ0) is 53.6. The number of nitrogens with one attached hydrogen (secondary N) is 3. The SMILES string of the molecule is COC(C)(C)CC(C)(C=O)NCc1cc(Cl)c(OCc2cccc(-c3cccc(COc4cc(OCC5=CNCC(C#N)=C5)c(CNC(C)([C-]=O)C[C-](C)C)cc4Cl)c3C)c2C)cc1OCc1cncc(C#N)c1.[U+2]. The van der Waals surface area contributed by atoms with Crippen LogP contribution in [0.3, 0.4) is 0 Å². The summed E-state index contributed by atoms with van der Waals surface area (Å²) in [5.74, 6) is 2.91. The van der Waals surface area contributed by atoms with Crippen LogP contribution in [0.4, 0.5) is 0 Å². The average Bonchev–Trinajstić information content (AvgIpc) is 3.38. The van der Waals surface area contributed by atoms with Crippen molar-refractivity contribution in [3.63, 3.8) is 0 Å². The molecule has 0 spiro atoms. The largest absolute Gasteiger partial charge is 2.00 e. The number of methoxy groups -OCH3 is 1. The molecular formula is C59H64Cl2N6O7U. The number of carbonyl (C=O) groups excluding carboxylic acids is 2. The molecule has 1 aliphatic heterocycles. The van der Waals surface area contributed by atoms with Crippen LogP contribution in [0, 0.1) is 73.5 Å². The van der Waals surface area contributed by atoms with Crippen LogP contribution in [0.1, 0.15) is 98.9 Å². The Labute approximate surface area is 475 Å². The van der Waals surface area contributed by atoms with E-state index in [1.807, 2.05) is 72.0 Å². The molecule has 16 heteroatoms. The third-order valence-corrected chi connectivity index (χ3v) is 13.5. The number of benzene rings is 4. The van der Waals surface area contributed by atoms with Gasteiger partial charge >= 0.3 is 31.1 Å². The van der Waals surface area contributed by atoms with Gasteiger partial charge in [-0.05, 0) is 92.3 Å². The molecule has 0 bridgehead atoms. The summed E-state index contributed by atoms with van der Waals surface area (Å²) in [7, 11) is 1.62. The van der Waals surface area contributed by atoms with Crippen molar-refractivity contribution in [2.75, 3.05) is 20.3 Å². The predicted octanol–water partition coefficient (Wildman–Crippen LogP) is 11.4. The Morgan fingerprint density at radius 3 is 1.85 bits per heavy atom. The van der Waals surface area contributed by atoms with Crippen LogP contribution < -0.4 is 34.9 Å². The monoisotopic (exact) mass is 1280 g/mol. The van der Waals surface area contributed by atoms with Gasteiger partial charge in [-0.25, -0.2) is 6.29 Å². The molecule has 390 valence electrons. The number of dihydropyridines is 1. The quantitative estimate of drug-likeness (QED) is 0.0352. The van der Waals surface area contributed by atoms with Gasteiger partial charge in [0.25, 0.3) is 0 Å². The van der Waals surface area contributed by atoms with Crippen molar-refractivity contribution in [3.05, 3.63) is 163 Å². The Bertz CT molecular complexity index is 2990. The summed E-state index contributed by atoms with van der Waals surface area (Å²) in [5.41, 5.74) is 7.51. The summed E-state index contributed by atoms with van der Waals surface area (Å²) < 4.78 is 31.3. The normalized spacial score (nSPS) is 13.8. The first kappa shape index (κ1) is 60.2. The number of nitrogens with zero attached hydrogens (tertiary/aromatic N) is 3. The van der Waals surface area contributed by atoms with Crippen molar-refractivity contribution in [1.29, 1.82) is 10.5 Å². The summed E-state index contributed by atoms with van der Waals surface area (Å²) in [6.45, 7) is 17.2. The molecule has 1 aliphatic rings. The maximum Gasteiger partial charge on any atom is 2.00 e. The summed E-state index contributed by atoms with van der Waals surface area (Å²) in [4.78, 5) is 28.7. The minimum absolute atomic E-state index is 0. The number of ether oxygens (including phenoxy) is 5. The molecule has 4 aromatic carbocycles. The van der Waals surface area contributed by atoms with Crippen LogP contribution in [0.15, 0.2) is 103 Å². The third kappa shape index (κ3) is 16.7. The van der Waals surface area contributed by atoms with Gasteiger partial charge in [-0.15, -0.1) is 5.54 Å². The Hall–Kier alpha value is -5.66. The van der Waals surface area contributed by atoms with E-state index < -0.39 is 16.7 Å². The Morgan fingerprint density at radius 2 is 1.33 bits per heavy atom. The second-order valence-corrected chi connectivity index (χ2v) is 20.7. The van der Waals surface area contributed by atoms with Crippen molar-refractivity contribution >= 4 is 35.8 Å². The van der Waals surface area contributed by atoms with E-state index in [1.165, 1.54) is 6.20 Å². The van der Waals surface area contributed by atoms with Crippen LogP contribution in [0.2, 0.25) is 10.0 Å². The van der Waals surface area contributed by atoms with E-state index in [9.17, 15) is 20.1 Å². The number of pyridine rings is 1. The topological polar surface area (TPSA) is 177 Å². The number of nitriles is 2. The molecule has 0 saturated heterocycles. The minimum Gasteiger partial charge on any atom is -0.540 e. The molecule has 3 N–H and O–H groups in total. The standard InChI is InChI=1S/C59H64Cl2N6O7.U/c1-38(2)22-58(7,36-68)66-29-47-18-51(60)55(20-53(47)71-31-43-16-41(23-62)25-64-27-43)73-33-45-12-10-14-49(39(45)3)50-15-11-13-46(40(50)4)34-74-56-21-54(72-32-44-17-42(24-63)26-65-28-44)48(19-52(56)61)30-67-59(8,37-69)35-57(5,6)70-9;/h10-21,26-28,37,64,66-67H,22,25,29-35H2,1-9H3;/q-2;+2. The first-order valence-corrected chi connectivity index (χ1v) is 25.0. The number of rotatable bonds is 26. The number of aldehydes is 1. The first-order valence-electron chi connectivity index (χ1n) is 24.2. The van der Waals surface area contributed by atoms with Gasteiger partial charge < -0.3 is 55.1 Å². The molecule has 0 radical (unpaired) electrons. The van der Waals surface area contributed by atoms with E-state index in [1.54, 1.807) is 49.7 Å². The van der Waals surface area contributed by atoms with E-state index in [0.717, 1.165) is 56.7 Å². The van der Waals surface area contributed by atoms with Crippen molar-refractivity contribution < 1.29 is 64.4 Å². The molecule has 75 heavy (non-hydrogen) atoms. The van der Waals surface area contributed by atoms with Crippen molar-refractivity contribution in [3.8, 4) is 46.3 Å². The molecule has 2 unspecified atom stereocenters. The fourth-order valence-corrected chi connectivity index (χ4v) is 9.22. The van der Waals surface area contributed by atoms with Crippen LogP contribution in [-0.2, 0) is 47.2 Å². The summed E-state index contributed by atoms with van der Waals surface area (Å²) >= 11 is 13.9. The van der Waals surface area contributed by atoms with E-state index in [4.69, 9.17) is 46.9 Å². The maximum absolute atomic E-state index is 12.4. The van der Waals surface area contributed by atoms with Gasteiger partial charge in [0.15, 0.2) is 0 Å². The zero-order valence-corrected chi connectivity index (χ0v) is 49.7. The Balaban J connectivity index is 0.0000104. The van der Waals surface area contributed by atoms with Crippen molar-refractivity contribution in [2.24, 2.45) is 0 Å². The second-order valence-electron chi connectivity index (χ2n) is 19.9. The predicted molar refractivity (Wildman–Crippen MR) is 289 cm³/mol. The third-order valence-electron chi connectivity index (χ3n) is 12.9. The van der Waals surface area contributed by atoms with Crippen LogP contribution >= 0.6 is 23.2 Å². The molecule has 0 fully saturated rings. The van der Waals surface area contributed by atoms with Gasteiger partial charge in [0.2, 0.25) is 0 Å². The van der Waals surface area contributed by atoms with Gasteiger partial charge in [-0.2, -0.15) is 30.8 Å². The molecule has 0 aliphatic carbocycles. The smallest absolute Gasteiger partial charge is 0.540 e. The summed E-state index contributed by atoms with van der Waals surface area (Å²) in [6, 6.07) is 25.3. The fraction of sp³-hybridized carbons (Fsp3) is 0.356. The molecule has 13 nitrogen and oxygen atoms in total. The first-order chi connectivity index (χ1) is 35.3. The number of hydrogen-bond acceptors (Lipinski definition) is 13. The van der Waals surface area contributed by atoms with E-state index in [-0.39, 0.29) is 70.6 Å². The molecular weight excluding hydrogens is 1210 g/mol. The second kappa shape index (κ2) is 27.4. The Morgan fingerprint density at radius 1 is 0.773 bits per heavy atom. The van der Waals surface area contributed by atoms with Crippen LogP contribution in [0.25, 0.3) is 11.1 Å². The minimum atomic E-state index is -0.919. The molecule has 0 saturated carbocycles. The molecule has 0 amide bonds. The number of carbonyl (C=O) groups is 1. The summed E-state index contributed by atoms with van der Waals surface area (Å²) in [5, 5.41) is 29.5. The Kier molecular flexibility index (Phi) is 22.0.